The van der Waals surface area contributed by atoms with E-state index in [1.54, 1.807) is 6.07 Å². The number of aryl methyl sites for hydroxylation is 1. The van der Waals surface area contributed by atoms with Crippen molar-refractivity contribution >= 4 is 17.3 Å². The number of fused-ring (bicyclic) bond motifs is 1. The summed E-state index contributed by atoms with van der Waals surface area (Å²) in [6.07, 6.45) is 8.35. The van der Waals surface area contributed by atoms with Crippen molar-refractivity contribution < 1.29 is 9.18 Å². The number of anilines is 2. The third kappa shape index (κ3) is 4.39. The molecule has 32 heavy (non-hydrogen) atoms. The van der Waals surface area contributed by atoms with Crippen LogP contribution in [-0.4, -0.2) is 42.1 Å². The monoisotopic (exact) mass is 436 g/mol. The van der Waals surface area contributed by atoms with Crippen LogP contribution >= 0.6 is 0 Å². The van der Waals surface area contributed by atoms with Crippen LogP contribution in [0.1, 0.15) is 48.8 Å². The average Bonchev–Trinajstić information content (AvgIpc) is 3.46. The molecule has 1 amide bonds. The lowest BCUT2D eigenvalue weighted by Crippen LogP contribution is -2.44. The quantitative estimate of drug-likeness (QED) is 0.657. The van der Waals surface area contributed by atoms with Crippen LogP contribution in [0.4, 0.5) is 15.8 Å². The summed E-state index contributed by atoms with van der Waals surface area (Å²) < 4.78 is 14.2. The molecule has 1 aliphatic carbocycles. The number of carbonyl (C=O) groups excluding carboxylic acids is 1. The normalized spacial score (nSPS) is 23.7. The third-order valence-corrected chi connectivity index (χ3v) is 7.32. The van der Waals surface area contributed by atoms with E-state index in [-0.39, 0.29) is 11.7 Å². The van der Waals surface area contributed by atoms with E-state index in [1.807, 2.05) is 19.1 Å². The fourth-order valence-corrected chi connectivity index (χ4v) is 5.63. The number of nitrogens with one attached hydrogen (secondary N) is 3. The minimum absolute atomic E-state index is 0.125. The van der Waals surface area contributed by atoms with Gasteiger partial charge in [0.1, 0.15) is 11.9 Å². The molecule has 0 bridgehead atoms. The summed E-state index contributed by atoms with van der Waals surface area (Å²) in [5.74, 6) is -0.373. The van der Waals surface area contributed by atoms with Crippen molar-refractivity contribution in [1.29, 1.82) is 0 Å². The molecule has 3 N–H and O–H groups in total. The highest BCUT2D eigenvalue weighted by Gasteiger charge is 2.32. The molecule has 2 atom stereocenters. The summed E-state index contributed by atoms with van der Waals surface area (Å²) in [6.45, 7) is 4.10. The van der Waals surface area contributed by atoms with Crippen molar-refractivity contribution in [2.45, 2.75) is 70.1 Å². The van der Waals surface area contributed by atoms with Crippen molar-refractivity contribution in [3.63, 3.8) is 0 Å². The summed E-state index contributed by atoms with van der Waals surface area (Å²) in [6, 6.07) is 11.6. The zero-order valence-electron chi connectivity index (χ0n) is 18.8. The van der Waals surface area contributed by atoms with Crippen LogP contribution in [0.5, 0.6) is 0 Å². The largest absolute Gasteiger partial charge is 0.373 e. The van der Waals surface area contributed by atoms with E-state index in [1.165, 1.54) is 43.7 Å². The number of rotatable bonds is 5. The zero-order chi connectivity index (χ0) is 22.1. The molecule has 2 aliphatic heterocycles. The summed E-state index contributed by atoms with van der Waals surface area (Å²) in [7, 11) is 0. The Morgan fingerprint density at radius 1 is 1.19 bits per heavy atom. The number of amides is 1. The SMILES string of the molecule is Cc1ccc(F)c2c1NC(C(=O)Nc1cccc(CC3NCCN3C3CCCCC3)c1)C2. The molecular weight excluding hydrogens is 403 g/mol. The lowest BCUT2D eigenvalue weighted by atomic mass is 9.93. The van der Waals surface area contributed by atoms with Crippen LogP contribution in [0.15, 0.2) is 36.4 Å². The highest BCUT2D eigenvalue weighted by molar-refractivity contribution is 5.98. The van der Waals surface area contributed by atoms with Crippen LogP contribution in [0.25, 0.3) is 0 Å². The molecule has 2 aromatic carbocycles. The summed E-state index contributed by atoms with van der Waals surface area (Å²) in [4.78, 5) is 15.6. The molecule has 2 heterocycles. The minimum atomic E-state index is -0.456. The van der Waals surface area contributed by atoms with Gasteiger partial charge in [-0.1, -0.05) is 37.5 Å². The van der Waals surface area contributed by atoms with Gasteiger partial charge in [-0.05, 0) is 49.1 Å². The van der Waals surface area contributed by atoms with E-state index in [4.69, 9.17) is 0 Å². The van der Waals surface area contributed by atoms with Gasteiger partial charge in [0, 0.05) is 48.9 Å². The molecule has 3 aliphatic rings. The molecule has 5 rings (SSSR count). The van der Waals surface area contributed by atoms with E-state index >= 15 is 0 Å². The number of halogens is 1. The van der Waals surface area contributed by atoms with Gasteiger partial charge < -0.3 is 16.0 Å². The Balaban J connectivity index is 1.22. The fraction of sp³-hybridized carbons (Fsp3) is 0.500. The van der Waals surface area contributed by atoms with Crippen molar-refractivity contribution in [3.05, 3.63) is 58.9 Å². The van der Waals surface area contributed by atoms with Crippen LogP contribution in [-0.2, 0) is 17.6 Å². The van der Waals surface area contributed by atoms with Crippen molar-refractivity contribution in [2.24, 2.45) is 0 Å². The maximum atomic E-state index is 14.2. The molecule has 0 radical (unpaired) electrons. The molecule has 5 nitrogen and oxygen atoms in total. The first-order chi connectivity index (χ1) is 15.6. The predicted molar refractivity (Wildman–Crippen MR) is 126 cm³/mol. The smallest absolute Gasteiger partial charge is 0.247 e. The van der Waals surface area contributed by atoms with E-state index in [2.05, 4.69) is 33.0 Å². The van der Waals surface area contributed by atoms with E-state index < -0.39 is 6.04 Å². The Morgan fingerprint density at radius 2 is 2.03 bits per heavy atom. The van der Waals surface area contributed by atoms with Gasteiger partial charge >= 0.3 is 0 Å². The van der Waals surface area contributed by atoms with Crippen molar-refractivity contribution in [3.8, 4) is 0 Å². The maximum Gasteiger partial charge on any atom is 0.247 e. The topological polar surface area (TPSA) is 56.4 Å². The van der Waals surface area contributed by atoms with Crippen LogP contribution in [0.3, 0.4) is 0 Å². The lowest BCUT2D eigenvalue weighted by Gasteiger charge is -2.35. The lowest BCUT2D eigenvalue weighted by molar-refractivity contribution is -0.116. The minimum Gasteiger partial charge on any atom is -0.373 e. The van der Waals surface area contributed by atoms with Crippen LogP contribution < -0.4 is 16.0 Å². The fourth-order valence-electron chi connectivity index (χ4n) is 5.63. The molecule has 2 fully saturated rings. The number of carbonyl (C=O) groups is 1. The van der Waals surface area contributed by atoms with Crippen LogP contribution in [0.2, 0.25) is 0 Å². The second-order valence-electron chi connectivity index (χ2n) is 9.51. The van der Waals surface area contributed by atoms with E-state index in [0.717, 1.165) is 36.4 Å². The molecule has 0 aromatic heterocycles. The number of nitrogens with zero attached hydrogens (tertiary/aromatic N) is 1. The molecule has 2 aromatic rings. The van der Waals surface area contributed by atoms with Gasteiger partial charge in [-0.3, -0.25) is 9.69 Å². The van der Waals surface area contributed by atoms with Gasteiger partial charge in [0.25, 0.3) is 0 Å². The molecular formula is C26H33FN4O. The highest BCUT2D eigenvalue weighted by atomic mass is 19.1. The zero-order valence-corrected chi connectivity index (χ0v) is 18.8. The summed E-state index contributed by atoms with van der Waals surface area (Å²) >= 11 is 0. The number of hydrogen-bond donors (Lipinski definition) is 3. The highest BCUT2D eigenvalue weighted by Crippen LogP contribution is 2.32. The molecule has 2 unspecified atom stereocenters. The Bertz CT molecular complexity index is 957. The number of hydrogen-bond acceptors (Lipinski definition) is 4. The first-order valence-corrected chi connectivity index (χ1v) is 12.0. The Morgan fingerprint density at radius 3 is 2.84 bits per heavy atom. The molecule has 1 saturated heterocycles. The second kappa shape index (κ2) is 9.20. The van der Waals surface area contributed by atoms with Gasteiger partial charge in [0.15, 0.2) is 0 Å². The Labute approximate surface area is 189 Å². The van der Waals surface area contributed by atoms with Crippen molar-refractivity contribution in [1.82, 2.24) is 10.2 Å². The first kappa shape index (κ1) is 21.4. The van der Waals surface area contributed by atoms with E-state index in [0.29, 0.717) is 24.2 Å². The van der Waals surface area contributed by atoms with Gasteiger partial charge in [-0.2, -0.15) is 0 Å². The van der Waals surface area contributed by atoms with Gasteiger partial charge in [-0.25, -0.2) is 4.39 Å². The Kier molecular flexibility index (Phi) is 6.15. The van der Waals surface area contributed by atoms with Crippen LogP contribution in [0, 0.1) is 12.7 Å². The average molecular weight is 437 g/mol. The van der Waals surface area contributed by atoms with Gasteiger partial charge in [-0.15, -0.1) is 0 Å². The molecule has 0 spiro atoms. The van der Waals surface area contributed by atoms with Gasteiger partial charge in [0.2, 0.25) is 5.91 Å². The summed E-state index contributed by atoms with van der Waals surface area (Å²) in [5.41, 5.74) is 4.34. The first-order valence-electron chi connectivity index (χ1n) is 12.0. The van der Waals surface area contributed by atoms with Gasteiger partial charge in [0.05, 0.1) is 6.17 Å². The third-order valence-electron chi connectivity index (χ3n) is 7.32. The second-order valence-corrected chi connectivity index (χ2v) is 9.51. The predicted octanol–water partition coefficient (Wildman–Crippen LogP) is 4.22. The number of benzene rings is 2. The van der Waals surface area contributed by atoms with E-state index in [9.17, 15) is 9.18 Å². The van der Waals surface area contributed by atoms with Crippen molar-refractivity contribution in [2.75, 3.05) is 23.7 Å². The molecule has 1 saturated carbocycles. The molecule has 6 heteroatoms. The maximum absolute atomic E-state index is 14.2. The summed E-state index contributed by atoms with van der Waals surface area (Å²) in [5, 5.41) is 9.92. The molecule has 170 valence electrons. The standard InChI is InChI=1S/C26H33FN4O/c1-17-10-11-22(27)21-16-23(30-25(17)21)26(32)29-19-7-5-6-18(14-19)15-24-28-12-13-31(24)20-8-3-2-4-9-20/h5-7,10-11,14,20,23-24,28,30H,2-4,8-9,12-13,15-16H2,1H3,(H,29,32). The Hall–Kier alpha value is -2.44.